The van der Waals surface area contributed by atoms with Gasteiger partial charge in [-0.1, -0.05) is 133 Å². The number of nitrogens with zero attached hydrogens (tertiary/aromatic N) is 1. The summed E-state index contributed by atoms with van der Waals surface area (Å²) < 4.78 is 0. The molecule has 0 saturated heterocycles. The molecule has 0 unspecified atom stereocenters. The third-order valence-corrected chi connectivity index (χ3v) is 8.45. The molecule has 1 heteroatoms. The highest BCUT2D eigenvalue weighted by molar-refractivity contribution is 6.25. The number of anilines is 3. The monoisotopic (exact) mass is 547 g/mol. The second-order valence-electron chi connectivity index (χ2n) is 11.0. The number of hydrogen-bond acceptors (Lipinski definition) is 1. The molecule has 0 aliphatic rings. The van der Waals surface area contributed by atoms with E-state index < -0.39 is 0 Å². The van der Waals surface area contributed by atoms with Crippen molar-refractivity contribution in [2.24, 2.45) is 0 Å². The third-order valence-electron chi connectivity index (χ3n) is 8.45. The number of para-hydroxylation sites is 1. The fourth-order valence-corrected chi connectivity index (χ4v) is 6.35. The van der Waals surface area contributed by atoms with Gasteiger partial charge in [0, 0.05) is 17.1 Å². The molecule has 0 aliphatic carbocycles. The van der Waals surface area contributed by atoms with Crippen LogP contribution in [0.25, 0.3) is 54.6 Å². The van der Waals surface area contributed by atoms with Gasteiger partial charge in [-0.3, -0.25) is 0 Å². The second-order valence-corrected chi connectivity index (χ2v) is 11.0. The van der Waals surface area contributed by atoms with Crippen LogP contribution in [0.15, 0.2) is 176 Å². The lowest BCUT2D eigenvalue weighted by Crippen LogP contribution is -2.09. The van der Waals surface area contributed by atoms with Gasteiger partial charge in [-0.15, -0.1) is 0 Å². The fraction of sp³-hybridized carbons (Fsp3) is 0. The lowest BCUT2D eigenvalue weighted by molar-refractivity contribution is 1.28. The normalized spacial score (nSPS) is 11.3. The molecule has 1 nitrogen and oxygen atoms in total. The largest absolute Gasteiger partial charge is 0.311 e. The van der Waals surface area contributed by atoms with Crippen LogP contribution in [0.4, 0.5) is 17.1 Å². The first-order valence-electron chi connectivity index (χ1n) is 14.8. The van der Waals surface area contributed by atoms with Gasteiger partial charge >= 0.3 is 0 Å². The average Bonchev–Trinajstić information content (AvgIpc) is 3.10. The molecule has 0 N–H and O–H groups in total. The van der Waals surface area contributed by atoms with Crippen molar-refractivity contribution in [1.29, 1.82) is 0 Å². The summed E-state index contributed by atoms with van der Waals surface area (Å²) in [4.78, 5) is 2.32. The molecule has 0 aliphatic heterocycles. The zero-order valence-electron chi connectivity index (χ0n) is 23.7. The minimum atomic E-state index is 1.12. The Labute approximate surface area is 251 Å². The summed E-state index contributed by atoms with van der Waals surface area (Å²) in [7, 11) is 0. The van der Waals surface area contributed by atoms with Crippen molar-refractivity contribution in [1.82, 2.24) is 0 Å². The van der Waals surface area contributed by atoms with Gasteiger partial charge in [-0.25, -0.2) is 0 Å². The van der Waals surface area contributed by atoms with E-state index in [9.17, 15) is 0 Å². The van der Waals surface area contributed by atoms with E-state index in [1.165, 1.54) is 54.6 Å². The Morgan fingerprint density at radius 3 is 1.12 bits per heavy atom. The van der Waals surface area contributed by atoms with Gasteiger partial charge in [0.05, 0.1) is 0 Å². The van der Waals surface area contributed by atoms with Crippen LogP contribution in [-0.2, 0) is 0 Å². The van der Waals surface area contributed by atoms with E-state index in [-0.39, 0.29) is 0 Å². The van der Waals surface area contributed by atoms with Crippen LogP contribution < -0.4 is 4.90 Å². The number of benzene rings is 8. The lowest BCUT2D eigenvalue weighted by atomic mass is 9.92. The number of rotatable bonds is 5. The molecule has 0 aromatic heterocycles. The van der Waals surface area contributed by atoms with Crippen LogP contribution >= 0.6 is 0 Å². The predicted molar refractivity (Wildman–Crippen MR) is 185 cm³/mol. The SMILES string of the molecule is c1ccc(-c2ccc(N(c3ccccc3)c3ccc(-c4ccc5c6ccccc6c6ccccc6c5c4)cc3)cc2)cc1. The predicted octanol–water partition coefficient (Wildman–Crippen LogP) is 11.9. The fourth-order valence-electron chi connectivity index (χ4n) is 6.35. The summed E-state index contributed by atoms with van der Waals surface area (Å²) in [6.07, 6.45) is 0. The molecule has 8 rings (SSSR count). The lowest BCUT2D eigenvalue weighted by Gasteiger charge is -2.26. The van der Waals surface area contributed by atoms with E-state index in [0.29, 0.717) is 0 Å². The van der Waals surface area contributed by atoms with E-state index in [1.54, 1.807) is 0 Å². The van der Waals surface area contributed by atoms with Gasteiger partial charge < -0.3 is 4.90 Å². The Morgan fingerprint density at radius 1 is 0.233 bits per heavy atom. The van der Waals surface area contributed by atoms with Crippen LogP contribution in [0.2, 0.25) is 0 Å². The standard InChI is InChI=1S/C42H29N/c1-3-11-30(12-4-1)31-19-24-35(25-20-31)43(34-13-5-2-6-14-34)36-26-21-32(22-27-36)33-23-28-41-39-17-8-7-15-37(39)38-16-9-10-18-40(38)42(41)29-33/h1-29H. The molecule has 43 heavy (non-hydrogen) atoms. The molecule has 0 fully saturated rings. The van der Waals surface area contributed by atoms with Crippen LogP contribution in [0.5, 0.6) is 0 Å². The average molecular weight is 548 g/mol. The van der Waals surface area contributed by atoms with E-state index in [2.05, 4.69) is 181 Å². The number of fused-ring (bicyclic) bond motifs is 6. The van der Waals surface area contributed by atoms with Crippen molar-refractivity contribution < 1.29 is 0 Å². The molecule has 0 atom stereocenters. The van der Waals surface area contributed by atoms with Crippen molar-refractivity contribution in [2.45, 2.75) is 0 Å². The first-order chi connectivity index (χ1) is 21.3. The highest BCUT2D eigenvalue weighted by Crippen LogP contribution is 2.39. The zero-order valence-corrected chi connectivity index (χ0v) is 23.7. The van der Waals surface area contributed by atoms with Crippen LogP contribution in [0.3, 0.4) is 0 Å². The summed E-state index contributed by atoms with van der Waals surface area (Å²) in [5.74, 6) is 0. The summed E-state index contributed by atoms with van der Waals surface area (Å²) in [5.41, 5.74) is 8.24. The Kier molecular flexibility index (Phi) is 6.20. The first-order valence-corrected chi connectivity index (χ1v) is 14.8. The van der Waals surface area contributed by atoms with Gasteiger partial charge in [0.25, 0.3) is 0 Å². The van der Waals surface area contributed by atoms with E-state index >= 15 is 0 Å². The highest BCUT2D eigenvalue weighted by Gasteiger charge is 2.14. The van der Waals surface area contributed by atoms with Gasteiger partial charge in [-0.05, 0) is 97.0 Å². The Hall–Kier alpha value is -5.66. The third kappa shape index (κ3) is 4.52. The maximum absolute atomic E-state index is 2.36. The van der Waals surface area contributed by atoms with Gasteiger partial charge in [0.15, 0.2) is 0 Å². The van der Waals surface area contributed by atoms with Crippen molar-refractivity contribution in [3.63, 3.8) is 0 Å². The smallest absolute Gasteiger partial charge is 0.0462 e. The minimum absolute atomic E-state index is 1.12. The summed E-state index contributed by atoms with van der Waals surface area (Å²) in [5, 5.41) is 7.79. The molecule has 0 spiro atoms. The second kappa shape index (κ2) is 10.6. The van der Waals surface area contributed by atoms with Crippen molar-refractivity contribution in [3.05, 3.63) is 176 Å². The van der Waals surface area contributed by atoms with Crippen LogP contribution in [-0.4, -0.2) is 0 Å². The maximum atomic E-state index is 2.36. The maximum Gasteiger partial charge on any atom is 0.0462 e. The molecular weight excluding hydrogens is 518 g/mol. The highest BCUT2D eigenvalue weighted by atomic mass is 15.1. The molecule has 0 radical (unpaired) electrons. The van der Waals surface area contributed by atoms with Gasteiger partial charge in [-0.2, -0.15) is 0 Å². The molecule has 202 valence electrons. The molecule has 0 bridgehead atoms. The van der Waals surface area contributed by atoms with Gasteiger partial charge in [0.1, 0.15) is 0 Å². The van der Waals surface area contributed by atoms with E-state index in [0.717, 1.165) is 17.1 Å². The minimum Gasteiger partial charge on any atom is -0.311 e. The Balaban J connectivity index is 1.20. The van der Waals surface area contributed by atoms with Crippen LogP contribution in [0.1, 0.15) is 0 Å². The summed E-state index contributed by atoms with van der Waals surface area (Å²) in [6, 6.07) is 63.3. The van der Waals surface area contributed by atoms with Crippen molar-refractivity contribution in [3.8, 4) is 22.3 Å². The molecule has 0 saturated carbocycles. The quantitative estimate of drug-likeness (QED) is 0.194. The summed E-state index contributed by atoms with van der Waals surface area (Å²) in [6.45, 7) is 0. The molecule has 0 heterocycles. The van der Waals surface area contributed by atoms with Gasteiger partial charge in [0.2, 0.25) is 0 Å². The first kappa shape index (κ1) is 25.1. The zero-order chi connectivity index (χ0) is 28.6. The molecule has 0 amide bonds. The number of hydrogen-bond donors (Lipinski definition) is 0. The molecule has 8 aromatic rings. The molecular formula is C42H29N. The topological polar surface area (TPSA) is 3.24 Å². The van der Waals surface area contributed by atoms with Crippen molar-refractivity contribution >= 4 is 49.4 Å². The Morgan fingerprint density at radius 2 is 0.581 bits per heavy atom. The van der Waals surface area contributed by atoms with E-state index in [1.807, 2.05) is 0 Å². The molecule has 8 aromatic carbocycles. The van der Waals surface area contributed by atoms with Crippen molar-refractivity contribution in [2.75, 3.05) is 4.90 Å². The Bertz CT molecular complexity index is 2160. The van der Waals surface area contributed by atoms with Crippen LogP contribution in [0, 0.1) is 0 Å². The van der Waals surface area contributed by atoms with E-state index in [4.69, 9.17) is 0 Å². The summed E-state index contributed by atoms with van der Waals surface area (Å²) >= 11 is 0.